The van der Waals surface area contributed by atoms with Gasteiger partial charge in [0, 0.05) is 6.61 Å². The van der Waals surface area contributed by atoms with Crippen LogP contribution in [0, 0.1) is 0 Å². The number of benzene rings is 1. The monoisotopic (exact) mass is 371 g/mol. The van der Waals surface area contributed by atoms with Gasteiger partial charge in [0.25, 0.3) is 5.56 Å². The van der Waals surface area contributed by atoms with Gasteiger partial charge in [0.05, 0.1) is 29.4 Å². The van der Waals surface area contributed by atoms with E-state index in [4.69, 9.17) is 33.7 Å². The van der Waals surface area contributed by atoms with E-state index < -0.39 is 11.5 Å². The molecule has 0 saturated carbocycles. The number of nitrogen functional groups attached to an aromatic ring is 1. The Kier molecular flexibility index (Phi) is 5.82. The molecule has 0 aliphatic carbocycles. The maximum atomic E-state index is 12.6. The molecule has 0 aliphatic rings. The number of ether oxygens (including phenoxy) is 2. The molecule has 0 radical (unpaired) electrons. The van der Waals surface area contributed by atoms with Crippen LogP contribution < -0.4 is 11.3 Å². The number of carbonyl (C=O) groups is 1. The molecular formula is C15H15Cl2N3O4. The molecule has 0 unspecified atom stereocenters. The zero-order chi connectivity index (χ0) is 17.9. The lowest BCUT2D eigenvalue weighted by atomic mass is 10.2. The van der Waals surface area contributed by atoms with E-state index in [1.165, 1.54) is 0 Å². The molecule has 0 aliphatic heterocycles. The third kappa shape index (κ3) is 3.53. The maximum Gasteiger partial charge on any atom is 0.347 e. The van der Waals surface area contributed by atoms with Crippen molar-refractivity contribution in [2.24, 2.45) is 0 Å². The summed E-state index contributed by atoms with van der Waals surface area (Å²) >= 11 is 12.5. The van der Waals surface area contributed by atoms with E-state index in [2.05, 4.69) is 9.72 Å². The summed E-state index contributed by atoms with van der Waals surface area (Å²) < 4.78 is 10.9. The van der Waals surface area contributed by atoms with Crippen molar-refractivity contribution in [3.05, 3.63) is 50.0 Å². The fourth-order valence-corrected chi connectivity index (χ4v) is 2.79. The first kappa shape index (κ1) is 18.3. The molecular weight excluding hydrogens is 357 g/mol. The van der Waals surface area contributed by atoms with E-state index in [1.807, 2.05) is 6.92 Å². The Morgan fingerprint density at radius 2 is 1.96 bits per heavy atom. The highest BCUT2D eigenvalue weighted by Gasteiger charge is 2.21. The number of nitrogens with two attached hydrogens (primary N) is 1. The Morgan fingerprint density at radius 3 is 2.50 bits per heavy atom. The van der Waals surface area contributed by atoms with Gasteiger partial charge in [-0.2, -0.15) is 0 Å². The van der Waals surface area contributed by atoms with E-state index in [0.29, 0.717) is 13.2 Å². The largest absolute Gasteiger partial charge is 0.465 e. The van der Waals surface area contributed by atoms with Crippen LogP contribution in [0.25, 0.3) is 5.69 Å². The molecule has 1 heterocycles. The molecule has 2 N–H and O–H groups in total. The van der Waals surface area contributed by atoms with Crippen LogP contribution in [0.1, 0.15) is 22.8 Å². The molecule has 2 aromatic rings. The van der Waals surface area contributed by atoms with E-state index >= 15 is 0 Å². The molecule has 1 aromatic heterocycles. The van der Waals surface area contributed by atoms with Gasteiger partial charge in [0.2, 0.25) is 0 Å². The fraction of sp³-hybridized carbons (Fsp3) is 0.267. The van der Waals surface area contributed by atoms with Crippen molar-refractivity contribution in [3.63, 3.8) is 0 Å². The number of hydrogen-bond donors (Lipinski definition) is 1. The molecule has 2 rings (SSSR count). The number of methoxy groups -OCH3 is 1. The van der Waals surface area contributed by atoms with Crippen LogP contribution >= 0.6 is 23.2 Å². The summed E-state index contributed by atoms with van der Waals surface area (Å²) in [6.45, 7) is 2.74. The number of esters is 1. The molecule has 9 heteroatoms. The predicted molar refractivity (Wildman–Crippen MR) is 90.9 cm³/mol. The lowest BCUT2D eigenvalue weighted by molar-refractivity contribution is 0.0599. The van der Waals surface area contributed by atoms with Gasteiger partial charge in [-0.1, -0.05) is 23.2 Å². The van der Waals surface area contributed by atoms with Crippen LogP contribution in [0.15, 0.2) is 23.3 Å². The quantitative estimate of drug-likeness (QED) is 0.810. The van der Waals surface area contributed by atoms with Crippen LogP contribution in [-0.2, 0) is 16.1 Å². The van der Waals surface area contributed by atoms with Crippen molar-refractivity contribution >= 4 is 35.0 Å². The number of rotatable bonds is 5. The average Bonchev–Trinajstić information content (AvgIpc) is 2.54. The van der Waals surface area contributed by atoms with Crippen LogP contribution in [0.4, 0.5) is 5.82 Å². The first-order chi connectivity index (χ1) is 11.4. The van der Waals surface area contributed by atoms with Crippen molar-refractivity contribution in [1.82, 2.24) is 9.55 Å². The van der Waals surface area contributed by atoms with Gasteiger partial charge < -0.3 is 15.2 Å². The summed E-state index contributed by atoms with van der Waals surface area (Å²) in [7, 11) is 1.14. The summed E-state index contributed by atoms with van der Waals surface area (Å²) in [6, 6.07) is 3.25. The van der Waals surface area contributed by atoms with E-state index in [-0.39, 0.29) is 27.1 Å². The van der Waals surface area contributed by atoms with Crippen LogP contribution in [0.2, 0.25) is 10.0 Å². The lowest BCUT2D eigenvalue weighted by Gasteiger charge is -2.13. The highest BCUT2D eigenvalue weighted by molar-refractivity contribution is 6.37. The summed E-state index contributed by atoms with van der Waals surface area (Å²) in [5, 5.41) is 0.420. The minimum Gasteiger partial charge on any atom is -0.465 e. The summed E-state index contributed by atoms with van der Waals surface area (Å²) in [4.78, 5) is 28.1. The van der Waals surface area contributed by atoms with Gasteiger partial charge in [-0.25, -0.2) is 9.78 Å². The Morgan fingerprint density at radius 1 is 1.33 bits per heavy atom. The van der Waals surface area contributed by atoms with Crippen LogP contribution in [0.3, 0.4) is 0 Å². The zero-order valence-corrected chi connectivity index (χ0v) is 14.5. The van der Waals surface area contributed by atoms with Gasteiger partial charge in [-0.3, -0.25) is 9.36 Å². The third-order valence-corrected chi connectivity index (χ3v) is 3.76. The molecule has 0 atom stereocenters. The first-order valence-electron chi connectivity index (χ1n) is 6.92. The first-order valence-corrected chi connectivity index (χ1v) is 7.67. The molecule has 0 bridgehead atoms. The summed E-state index contributed by atoms with van der Waals surface area (Å²) in [6.07, 6.45) is 1.15. The fourth-order valence-electron chi connectivity index (χ4n) is 2.07. The van der Waals surface area contributed by atoms with Gasteiger partial charge in [-0.15, -0.1) is 0 Å². The number of anilines is 1. The van der Waals surface area contributed by atoms with Gasteiger partial charge in [0.15, 0.2) is 5.56 Å². The van der Waals surface area contributed by atoms with Crippen molar-refractivity contribution in [3.8, 4) is 5.69 Å². The second-order valence-electron chi connectivity index (χ2n) is 4.72. The van der Waals surface area contributed by atoms with Crippen molar-refractivity contribution < 1.29 is 14.3 Å². The molecule has 128 valence electrons. The molecule has 0 fully saturated rings. The Hall–Kier alpha value is -2.09. The Labute approximate surface area is 147 Å². The minimum atomic E-state index is -0.889. The molecule has 24 heavy (non-hydrogen) atoms. The highest BCUT2D eigenvalue weighted by atomic mass is 35.5. The normalized spacial score (nSPS) is 10.7. The molecule has 0 amide bonds. The third-order valence-electron chi connectivity index (χ3n) is 3.18. The zero-order valence-electron chi connectivity index (χ0n) is 13.0. The molecule has 1 aromatic carbocycles. The van der Waals surface area contributed by atoms with Crippen molar-refractivity contribution in [2.75, 3.05) is 19.5 Å². The van der Waals surface area contributed by atoms with Crippen molar-refractivity contribution in [2.45, 2.75) is 13.5 Å². The van der Waals surface area contributed by atoms with Crippen LogP contribution in [0.5, 0.6) is 0 Å². The SMILES string of the molecule is CCOCc1cc(Cl)c(-n2cnc(N)c(C(=O)OC)c2=O)c(Cl)c1. The van der Waals surface area contributed by atoms with Gasteiger partial charge in [-0.05, 0) is 24.6 Å². The smallest absolute Gasteiger partial charge is 0.347 e. The van der Waals surface area contributed by atoms with Crippen molar-refractivity contribution in [1.29, 1.82) is 0 Å². The van der Waals surface area contributed by atoms with E-state index in [1.54, 1.807) is 12.1 Å². The number of halogens is 2. The molecule has 0 spiro atoms. The second-order valence-corrected chi connectivity index (χ2v) is 5.53. The number of aromatic nitrogens is 2. The lowest BCUT2D eigenvalue weighted by Crippen LogP contribution is -2.28. The topological polar surface area (TPSA) is 96.4 Å². The van der Waals surface area contributed by atoms with Gasteiger partial charge >= 0.3 is 5.97 Å². The standard InChI is InChI=1S/C15H15Cl2N3O4/c1-3-24-6-8-4-9(16)12(10(17)5-8)20-7-19-13(18)11(14(20)21)15(22)23-2/h4-5,7H,3,6,18H2,1-2H3. The predicted octanol–water partition coefficient (Wildman–Crippen LogP) is 2.44. The van der Waals surface area contributed by atoms with E-state index in [0.717, 1.165) is 23.6 Å². The Balaban J connectivity index is 2.61. The number of hydrogen-bond acceptors (Lipinski definition) is 6. The molecule has 0 saturated heterocycles. The summed E-state index contributed by atoms with van der Waals surface area (Å²) in [5.41, 5.74) is 5.43. The highest BCUT2D eigenvalue weighted by Crippen LogP contribution is 2.30. The number of nitrogens with zero attached hydrogens (tertiary/aromatic N) is 2. The average molecular weight is 372 g/mol. The Bertz CT molecular complexity index is 813. The number of carbonyl (C=O) groups excluding carboxylic acids is 1. The molecule has 7 nitrogen and oxygen atoms in total. The maximum absolute atomic E-state index is 12.6. The van der Waals surface area contributed by atoms with E-state index in [9.17, 15) is 9.59 Å². The minimum absolute atomic E-state index is 0.196. The van der Waals surface area contributed by atoms with Crippen LogP contribution in [-0.4, -0.2) is 29.2 Å². The van der Waals surface area contributed by atoms with Gasteiger partial charge in [0.1, 0.15) is 12.1 Å². The second kappa shape index (κ2) is 7.65. The summed E-state index contributed by atoms with van der Waals surface area (Å²) in [5.74, 6) is -1.12.